The lowest BCUT2D eigenvalue weighted by molar-refractivity contribution is -0.130. The lowest BCUT2D eigenvalue weighted by Crippen LogP contribution is -2.35. The summed E-state index contributed by atoms with van der Waals surface area (Å²) in [6.07, 6.45) is 2.36. The number of nitrogens with zero attached hydrogens (tertiary/aromatic N) is 3. The fourth-order valence-corrected chi connectivity index (χ4v) is 3.92. The molecule has 1 N–H and O–H groups in total. The highest BCUT2D eigenvalue weighted by atomic mass is 16.2. The van der Waals surface area contributed by atoms with Crippen molar-refractivity contribution in [2.24, 2.45) is 0 Å². The Hall–Kier alpha value is -3.15. The third-order valence-electron chi connectivity index (χ3n) is 5.78. The first-order valence-electron chi connectivity index (χ1n) is 10.7. The van der Waals surface area contributed by atoms with Crippen molar-refractivity contribution in [2.45, 2.75) is 32.6 Å². The number of amides is 1. The van der Waals surface area contributed by atoms with Gasteiger partial charge in [-0.2, -0.15) is 0 Å². The van der Waals surface area contributed by atoms with Crippen LogP contribution < -0.4 is 4.90 Å². The summed E-state index contributed by atoms with van der Waals surface area (Å²) >= 11 is 0. The largest absolute Gasteiger partial charge is 0.341 e. The number of H-pyrrole nitrogens is 1. The molecule has 0 radical (unpaired) electrons. The second kappa shape index (κ2) is 9.11. The number of ketones is 1. The molecule has 0 spiro atoms. The van der Waals surface area contributed by atoms with Gasteiger partial charge in [0.2, 0.25) is 11.9 Å². The number of Topliss-reactive ketones (excluding diaryl/α,β-unsaturated/α-hetero) is 1. The van der Waals surface area contributed by atoms with Crippen LogP contribution in [0, 0.1) is 0 Å². The van der Waals surface area contributed by atoms with Gasteiger partial charge >= 0.3 is 0 Å². The molecule has 1 fully saturated rings. The highest BCUT2D eigenvalue weighted by molar-refractivity contribution is 5.98. The van der Waals surface area contributed by atoms with Crippen LogP contribution in [-0.2, 0) is 11.2 Å². The molecule has 0 aliphatic carbocycles. The molecule has 3 aromatic rings. The number of hydrogen-bond donors (Lipinski definition) is 1. The molecule has 1 aliphatic rings. The Kier molecular flexibility index (Phi) is 6.12. The van der Waals surface area contributed by atoms with Gasteiger partial charge in [0.05, 0.1) is 11.0 Å². The second-order valence-electron chi connectivity index (χ2n) is 7.77. The molecule has 2 heterocycles. The number of anilines is 1. The van der Waals surface area contributed by atoms with Gasteiger partial charge in [0.1, 0.15) is 0 Å². The smallest absolute Gasteiger partial charge is 0.223 e. The van der Waals surface area contributed by atoms with E-state index in [0.717, 1.165) is 49.5 Å². The predicted molar refractivity (Wildman–Crippen MR) is 119 cm³/mol. The van der Waals surface area contributed by atoms with Crippen LogP contribution >= 0.6 is 0 Å². The third-order valence-corrected chi connectivity index (χ3v) is 5.78. The minimum Gasteiger partial charge on any atom is -0.341 e. The van der Waals surface area contributed by atoms with E-state index in [4.69, 9.17) is 0 Å². The van der Waals surface area contributed by atoms with Crippen molar-refractivity contribution in [1.29, 1.82) is 0 Å². The summed E-state index contributed by atoms with van der Waals surface area (Å²) in [6.45, 7) is 5.04. The number of carbonyl (C=O) groups excluding carboxylic acids is 2. The first-order chi connectivity index (χ1) is 14.6. The van der Waals surface area contributed by atoms with E-state index in [0.29, 0.717) is 12.1 Å². The third kappa shape index (κ3) is 4.53. The Morgan fingerprint density at radius 3 is 2.53 bits per heavy atom. The van der Waals surface area contributed by atoms with Gasteiger partial charge in [-0.3, -0.25) is 9.59 Å². The maximum absolute atomic E-state index is 12.7. The number of fused-ring (bicyclic) bond motifs is 1. The van der Waals surface area contributed by atoms with E-state index >= 15 is 0 Å². The number of aromatic nitrogens is 2. The molecule has 30 heavy (non-hydrogen) atoms. The molecule has 1 aliphatic heterocycles. The van der Waals surface area contributed by atoms with Crippen LogP contribution in [0.3, 0.4) is 0 Å². The zero-order chi connectivity index (χ0) is 20.9. The fraction of sp³-hybridized carbons (Fsp3) is 0.375. The number of hydrogen-bond acceptors (Lipinski definition) is 4. The average molecular weight is 405 g/mol. The van der Waals surface area contributed by atoms with Gasteiger partial charge in [0, 0.05) is 44.6 Å². The second-order valence-corrected chi connectivity index (χ2v) is 7.77. The van der Waals surface area contributed by atoms with Crippen LogP contribution in [-0.4, -0.2) is 52.7 Å². The van der Waals surface area contributed by atoms with Gasteiger partial charge in [0.25, 0.3) is 0 Å². The van der Waals surface area contributed by atoms with Crippen molar-refractivity contribution in [3.63, 3.8) is 0 Å². The summed E-state index contributed by atoms with van der Waals surface area (Å²) in [5.74, 6) is 0.945. The van der Waals surface area contributed by atoms with E-state index in [-0.39, 0.29) is 24.5 Å². The van der Waals surface area contributed by atoms with Gasteiger partial charge in [-0.15, -0.1) is 0 Å². The van der Waals surface area contributed by atoms with Crippen LogP contribution in [0.15, 0.2) is 48.5 Å². The van der Waals surface area contributed by atoms with Crippen molar-refractivity contribution in [3.8, 4) is 0 Å². The Bertz CT molecular complexity index is 992. The summed E-state index contributed by atoms with van der Waals surface area (Å²) in [5, 5.41) is 0. The maximum atomic E-state index is 12.7. The van der Waals surface area contributed by atoms with Gasteiger partial charge in [-0.1, -0.05) is 43.3 Å². The lowest BCUT2D eigenvalue weighted by atomic mass is 10.0. The Morgan fingerprint density at radius 1 is 0.967 bits per heavy atom. The van der Waals surface area contributed by atoms with E-state index in [1.807, 2.05) is 53.4 Å². The lowest BCUT2D eigenvalue weighted by Gasteiger charge is -2.21. The SMILES string of the molecule is CCc1ccc(C(=O)CCC(=O)N2CCCN(c3nc4ccccc4[nH]3)CC2)cc1. The molecule has 1 saturated heterocycles. The van der Waals surface area contributed by atoms with Crippen molar-refractivity contribution >= 4 is 28.7 Å². The van der Waals surface area contributed by atoms with Gasteiger partial charge in [0.15, 0.2) is 5.78 Å². The van der Waals surface area contributed by atoms with E-state index in [1.165, 1.54) is 5.56 Å². The zero-order valence-corrected chi connectivity index (χ0v) is 17.4. The van der Waals surface area contributed by atoms with Gasteiger partial charge in [-0.05, 0) is 30.5 Å². The number of nitrogens with one attached hydrogen (secondary N) is 1. The number of rotatable bonds is 6. The van der Waals surface area contributed by atoms with E-state index in [1.54, 1.807) is 0 Å². The first kappa shape index (κ1) is 20.1. The van der Waals surface area contributed by atoms with E-state index in [2.05, 4.69) is 21.8 Å². The fourth-order valence-electron chi connectivity index (χ4n) is 3.92. The zero-order valence-electron chi connectivity index (χ0n) is 17.4. The predicted octanol–water partition coefficient (Wildman–Crippen LogP) is 3.83. The standard InChI is InChI=1S/C24H28N4O2/c1-2-18-8-10-19(11-9-18)22(29)12-13-23(30)27-14-5-15-28(17-16-27)24-25-20-6-3-4-7-21(20)26-24/h3-4,6-11H,2,5,12-17H2,1H3,(H,25,26). The number of para-hydroxylation sites is 2. The average Bonchev–Trinajstić information content (AvgIpc) is 3.06. The van der Waals surface area contributed by atoms with Gasteiger partial charge in [-0.25, -0.2) is 4.98 Å². The first-order valence-corrected chi connectivity index (χ1v) is 10.7. The number of carbonyl (C=O) groups is 2. The van der Waals surface area contributed by atoms with Gasteiger partial charge < -0.3 is 14.8 Å². The highest BCUT2D eigenvalue weighted by Gasteiger charge is 2.21. The van der Waals surface area contributed by atoms with E-state index < -0.39 is 0 Å². The molecule has 1 amide bonds. The quantitative estimate of drug-likeness (QED) is 0.634. The summed E-state index contributed by atoms with van der Waals surface area (Å²) < 4.78 is 0. The van der Waals surface area contributed by atoms with E-state index in [9.17, 15) is 9.59 Å². The summed E-state index contributed by atoms with van der Waals surface area (Å²) in [5.41, 5.74) is 3.87. The molecule has 1 aromatic heterocycles. The van der Waals surface area contributed by atoms with Crippen LogP contribution in [0.4, 0.5) is 5.95 Å². The minimum atomic E-state index is 0.0322. The molecule has 2 aromatic carbocycles. The topological polar surface area (TPSA) is 69.3 Å². The molecule has 0 unspecified atom stereocenters. The minimum absolute atomic E-state index is 0.0322. The summed E-state index contributed by atoms with van der Waals surface area (Å²) in [7, 11) is 0. The number of aromatic amines is 1. The molecule has 0 atom stereocenters. The van der Waals surface area contributed by atoms with Crippen molar-refractivity contribution in [1.82, 2.24) is 14.9 Å². The molecule has 156 valence electrons. The monoisotopic (exact) mass is 404 g/mol. The molecular weight excluding hydrogens is 376 g/mol. The number of aryl methyl sites for hydroxylation is 1. The molecule has 6 heteroatoms. The van der Waals surface area contributed by atoms with Crippen molar-refractivity contribution < 1.29 is 9.59 Å². The van der Waals surface area contributed by atoms with Crippen molar-refractivity contribution in [3.05, 3.63) is 59.7 Å². The van der Waals surface area contributed by atoms with Crippen LogP contribution in [0.1, 0.15) is 42.1 Å². The Labute approximate surface area is 176 Å². The van der Waals surface area contributed by atoms with Crippen LogP contribution in [0.5, 0.6) is 0 Å². The number of benzene rings is 2. The Morgan fingerprint density at radius 2 is 1.77 bits per heavy atom. The number of imidazole rings is 1. The molecule has 0 bridgehead atoms. The summed E-state index contributed by atoms with van der Waals surface area (Å²) in [4.78, 5) is 37.3. The molecule has 4 rings (SSSR count). The highest BCUT2D eigenvalue weighted by Crippen LogP contribution is 2.19. The van der Waals surface area contributed by atoms with Crippen LogP contribution in [0.2, 0.25) is 0 Å². The van der Waals surface area contributed by atoms with Crippen molar-refractivity contribution in [2.75, 3.05) is 31.1 Å². The molecule has 6 nitrogen and oxygen atoms in total. The van der Waals surface area contributed by atoms with Crippen LogP contribution in [0.25, 0.3) is 11.0 Å². The molecular formula is C24H28N4O2. The summed E-state index contributed by atoms with van der Waals surface area (Å²) in [6, 6.07) is 15.7. The normalized spacial score (nSPS) is 14.7. The molecule has 0 saturated carbocycles. The maximum Gasteiger partial charge on any atom is 0.223 e. The Balaban J connectivity index is 1.31.